The third-order valence-corrected chi connectivity index (χ3v) is 4.29. The van der Waals surface area contributed by atoms with E-state index in [0.29, 0.717) is 0 Å². The van der Waals surface area contributed by atoms with Crippen molar-refractivity contribution in [3.05, 3.63) is 49.8 Å². The van der Waals surface area contributed by atoms with Gasteiger partial charge in [0.05, 0.1) is 6.20 Å². The molecule has 1 aromatic carbocycles. The van der Waals surface area contributed by atoms with E-state index in [9.17, 15) is 0 Å². The van der Waals surface area contributed by atoms with Crippen LogP contribution in [-0.4, -0.2) is 4.98 Å². The standard InChI is InChI=1S/C12H12BrClN2S/c1-8(9-4-2-3-5-10(9)13)15-7-12-16-6-11(14)17-12/h2-6,8,15H,7H2,1H3/t8-/m1/s1. The molecule has 0 unspecified atom stereocenters. The number of aromatic nitrogens is 1. The predicted molar refractivity (Wildman–Crippen MR) is 76.5 cm³/mol. The second-order valence-corrected chi connectivity index (χ2v) is 6.28. The van der Waals surface area contributed by atoms with Gasteiger partial charge >= 0.3 is 0 Å². The Morgan fingerprint density at radius 1 is 1.47 bits per heavy atom. The fraction of sp³-hybridized carbons (Fsp3) is 0.250. The van der Waals surface area contributed by atoms with Gasteiger partial charge in [-0.3, -0.25) is 0 Å². The summed E-state index contributed by atoms with van der Waals surface area (Å²) in [6, 6.07) is 8.48. The Morgan fingerprint density at radius 3 is 2.88 bits per heavy atom. The first kappa shape index (κ1) is 13.0. The molecule has 0 fully saturated rings. The minimum Gasteiger partial charge on any atom is -0.304 e. The fourth-order valence-electron chi connectivity index (χ4n) is 1.55. The van der Waals surface area contributed by atoms with Crippen LogP contribution in [0.15, 0.2) is 34.9 Å². The van der Waals surface area contributed by atoms with E-state index in [1.807, 2.05) is 18.2 Å². The van der Waals surface area contributed by atoms with E-state index < -0.39 is 0 Å². The van der Waals surface area contributed by atoms with Crippen LogP contribution in [0.1, 0.15) is 23.5 Å². The van der Waals surface area contributed by atoms with Crippen LogP contribution in [0.2, 0.25) is 4.34 Å². The molecule has 0 bridgehead atoms. The average Bonchev–Trinajstić information content (AvgIpc) is 2.73. The largest absolute Gasteiger partial charge is 0.304 e. The van der Waals surface area contributed by atoms with Crippen molar-refractivity contribution in [2.75, 3.05) is 0 Å². The zero-order valence-electron chi connectivity index (χ0n) is 9.28. The molecule has 0 saturated carbocycles. The molecule has 1 aromatic heterocycles. The first-order valence-corrected chi connectivity index (χ1v) is 7.23. The van der Waals surface area contributed by atoms with Gasteiger partial charge in [0.15, 0.2) is 0 Å². The predicted octanol–water partition coefficient (Wildman–Crippen LogP) is 4.41. The van der Waals surface area contributed by atoms with Crippen LogP contribution in [0.4, 0.5) is 0 Å². The summed E-state index contributed by atoms with van der Waals surface area (Å²) in [5.41, 5.74) is 1.25. The Hall–Kier alpha value is -0.420. The lowest BCUT2D eigenvalue weighted by Crippen LogP contribution is -2.18. The summed E-state index contributed by atoms with van der Waals surface area (Å²) in [6.45, 7) is 2.87. The van der Waals surface area contributed by atoms with Crippen LogP contribution >= 0.6 is 38.9 Å². The number of benzene rings is 1. The van der Waals surface area contributed by atoms with Gasteiger partial charge in [-0.05, 0) is 18.6 Å². The van der Waals surface area contributed by atoms with Gasteiger partial charge < -0.3 is 5.32 Å². The van der Waals surface area contributed by atoms with E-state index >= 15 is 0 Å². The molecule has 90 valence electrons. The third-order valence-electron chi connectivity index (χ3n) is 2.46. The quantitative estimate of drug-likeness (QED) is 0.897. The van der Waals surface area contributed by atoms with Crippen LogP contribution in [-0.2, 0) is 6.54 Å². The minimum absolute atomic E-state index is 0.272. The molecule has 1 atom stereocenters. The first-order chi connectivity index (χ1) is 8.16. The highest BCUT2D eigenvalue weighted by Crippen LogP contribution is 2.24. The highest BCUT2D eigenvalue weighted by molar-refractivity contribution is 9.10. The summed E-state index contributed by atoms with van der Waals surface area (Å²) in [4.78, 5) is 4.22. The van der Waals surface area contributed by atoms with Gasteiger partial charge in [-0.2, -0.15) is 0 Å². The van der Waals surface area contributed by atoms with Gasteiger partial charge in [0.25, 0.3) is 0 Å². The molecule has 1 N–H and O–H groups in total. The maximum Gasteiger partial charge on any atom is 0.113 e. The van der Waals surface area contributed by atoms with Crippen molar-refractivity contribution in [2.45, 2.75) is 19.5 Å². The molecule has 2 rings (SSSR count). The van der Waals surface area contributed by atoms with Crippen LogP contribution < -0.4 is 5.32 Å². The van der Waals surface area contributed by atoms with Gasteiger partial charge in [-0.25, -0.2) is 4.98 Å². The molecule has 0 aliphatic carbocycles. The summed E-state index contributed by atoms with van der Waals surface area (Å²) in [5, 5.41) is 4.44. The zero-order chi connectivity index (χ0) is 12.3. The molecule has 2 nitrogen and oxygen atoms in total. The van der Waals surface area contributed by atoms with Gasteiger partial charge in [0.2, 0.25) is 0 Å². The van der Waals surface area contributed by atoms with Gasteiger partial charge in [0.1, 0.15) is 9.34 Å². The van der Waals surface area contributed by atoms with Crippen molar-refractivity contribution < 1.29 is 0 Å². The Bertz CT molecular complexity index is 501. The lowest BCUT2D eigenvalue weighted by Gasteiger charge is -2.14. The SMILES string of the molecule is C[C@@H](NCc1ncc(Cl)s1)c1ccccc1Br. The van der Waals surface area contributed by atoms with Crippen molar-refractivity contribution >= 4 is 38.9 Å². The molecular weight excluding hydrogens is 320 g/mol. The van der Waals surface area contributed by atoms with Gasteiger partial charge in [-0.1, -0.05) is 45.7 Å². The highest BCUT2D eigenvalue weighted by atomic mass is 79.9. The van der Waals surface area contributed by atoms with Crippen LogP contribution in [0.3, 0.4) is 0 Å². The van der Waals surface area contributed by atoms with Crippen LogP contribution in [0, 0.1) is 0 Å². The minimum atomic E-state index is 0.272. The van der Waals surface area contributed by atoms with E-state index in [4.69, 9.17) is 11.6 Å². The zero-order valence-corrected chi connectivity index (χ0v) is 12.4. The summed E-state index contributed by atoms with van der Waals surface area (Å²) in [5.74, 6) is 0. The van der Waals surface area contributed by atoms with E-state index in [1.165, 1.54) is 16.9 Å². The number of hydrogen-bond donors (Lipinski definition) is 1. The van der Waals surface area contributed by atoms with Crippen molar-refractivity contribution in [1.29, 1.82) is 0 Å². The highest BCUT2D eigenvalue weighted by Gasteiger charge is 2.09. The Kier molecular flexibility index (Phi) is 4.56. The summed E-state index contributed by atoms with van der Waals surface area (Å²) >= 11 is 10.9. The Balaban J connectivity index is 1.98. The van der Waals surface area contributed by atoms with Crippen molar-refractivity contribution in [3.8, 4) is 0 Å². The normalized spacial score (nSPS) is 12.6. The van der Waals surface area contributed by atoms with E-state index in [-0.39, 0.29) is 6.04 Å². The molecule has 1 heterocycles. The van der Waals surface area contributed by atoms with Crippen molar-refractivity contribution in [2.24, 2.45) is 0 Å². The smallest absolute Gasteiger partial charge is 0.113 e. The van der Waals surface area contributed by atoms with Crippen LogP contribution in [0.25, 0.3) is 0 Å². The third kappa shape index (κ3) is 3.52. The topological polar surface area (TPSA) is 24.9 Å². The number of nitrogens with zero attached hydrogens (tertiary/aromatic N) is 1. The number of rotatable bonds is 4. The Morgan fingerprint density at radius 2 is 2.24 bits per heavy atom. The number of hydrogen-bond acceptors (Lipinski definition) is 3. The number of halogens is 2. The fourth-order valence-corrected chi connectivity index (χ4v) is 3.08. The number of nitrogens with one attached hydrogen (secondary N) is 1. The molecule has 0 spiro atoms. The molecule has 5 heteroatoms. The molecule has 0 saturated heterocycles. The van der Waals surface area contributed by atoms with Crippen molar-refractivity contribution in [1.82, 2.24) is 10.3 Å². The summed E-state index contributed by atoms with van der Waals surface area (Å²) in [7, 11) is 0. The molecule has 2 aromatic rings. The molecule has 0 aliphatic rings. The monoisotopic (exact) mass is 330 g/mol. The summed E-state index contributed by atoms with van der Waals surface area (Å²) < 4.78 is 1.85. The lowest BCUT2D eigenvalue weighted by atomic mass is 10.1. The number of thiazole rings is 1. The van der Waals surface area contributed by atoms with E-state index in [1.54, 1.807) is 6.20 Å². The second kappa shape index (κ2) is 5.96. The molecule has 0 aliphatic heterocycles. The average molecular weight is 332 g/mol. The molecular formula is C12H12BrClN2S. The molecule has 17 heavy (non-hydrogen) atoms. The second-order valence-electron chi connectivity index (χ2n) is 3.68. The maximum absolute atomic E-state index is 5.84. The lowest BCUT2D eigenvalue weighted by molar-refractivity contribution is 0.571. The van der Waals surface area contributed by atoms with E-state index in [2.05, 4.69) is 39.2 Å². The van der Waals surface area contributed by atoms with E-state index in [0.717, 1.165) is 20.4 Å². The molecule has 0 radical (unpaired) electrons. The van der Waals surface area contributed by atoms with Gasteiger partial charge in [0, 0.05) is 17.1 Å². The maximum atomic E-state index is 5.84. The first-order valence-electron chi connectivity index (χ1n) is 5.25. The Labute approximate surface area is 118 Å². The van der Waals surface area contributed by atoms with Crippen molar-refractivity contribution in [3.63, 3.8) is 0 Å². The van der Waals surface area contributed by atoms with Gasteiger partial charge in [-0.15, -0.1) is 11.3 Å². The summed E-state index contributed by atoms with van der Waals surface area (Å²) in [6.07, 6.45) is 1.69. The van der Waals surface area contributed by atoms with Crippen LogP contribution in [0.5, 0.6) is 0 Å². The molecule has 0 amide bonds.